The number of halogens is 3. The quantitative estimate of drug-likeness (QED) is 0.323. The first-order chi connectivity index (χ1) is 11.4. The maximum absolute atomic E-state index is 11.7. The smallest absolute Gasteiger partial charge is 0.277 e. The molecule has 126 valence electrons. The molecule has 0 atom stereocenters. The van der Waals surface area contributed by atoms with Crippen LogP contribution < -0.4 is 10.2 Å². The van der Waals surface area contributed by atoms with Gasteiger partial charge in [-0.2, -0.15) is 5.10 Å². The predicted molar refractivity (Wildman–Crippen MR) is 111 cm³/mol. The third kappa shape index (κ3) is 5.49. The first-order valence-electron chi connectivity index (χ1n) is 6.75. The van der Waals surface area contributed by atoms with Gasteiger partial charge in [0.05, 0.1) is 13.4 Å². The lowest BCUT2D eigenvalue weighted by molar-refractivity contribution is -0.123. The van der Waals surface area contributed by atoms with Crippen molar-refractivity contribution in [3.63, 3.8) is 0 Å². The van der Waals surface area contributed by atoms with Crippen LogP contribution in [0.5, 0.6) is 11.5 Å². The van der Waals surface area contributed by atoms with Crippen LogP contribution in [0.25, 0.3) is 0 Å². The number of hydrogen-bond acceptors (Lipinski definition) is 4. The lowest BCUT2D eigenvalue weighted by Crippen LogP contribution is -2.24. The Morgan fingerprint density at radius 3 is 2.62 bits per heavy atom. The molecule has 2 N–H and O–H groups in total. The third-order valence-electron chi connectivity index (χ3n) is 2.94. The topological polar surface area (TPSA) is 70.9 Å². The zero-order valence-electron chi connectivity index (χ0n) is 12.5. The monoisotopic (exact) mass is 570 g/mol. The fourth-order valence-electron chi connectivity index (χ4n) is 1.73. The Kier molecular flexibility index (Phi) is 7.11. The summed E-state index contributed by atoms with van der Waals surface area (Å²) in [5, 5.41) is 14.2. The second-order valence-corrected chi connectivity index (χ2v) is 7.56. The molecule has 1 amide bonds. The molecule has 0 spiro atoms. The summed E-state index contributed by atoms with van der Waals surface area (Å²) in [6, 6.07) is 8.71. The van der Waals surface area contributed by atoms with Gasteiger partial charge in [-0.3, -0.25) is 4.79 Å². The summed E-state index contributed by atoms with van der Waals surface area (Å²) in [5.41, 5.74) is 4.05. The third-order valence-corrected chi connectivity index (χ3v) is 5.01. The number of nitrogens with one attached hydrogen (secondary N) is 1. The molecule has 0 radical (unpaired) electrons. The first kappa shape index (κ1) is 19.3. The highest BCUT2D eigenvalue weighted by Crippen LogP contribution is 2.26. The van der Waals surface area contributed by atoms with Crippen molar-refractivity contribution in [2.24, 2.45) is 5.10 Å². The van der Waals surface area contributed by atoms with E-state index in [4.69, 9.17) is 16.3 Å². The number of carbonyl (C=O) groups is 1. The minimum Gasteiger partial charge on any atom is -0.506 e. The summed E-state index contributed by atoms with van der Waals surface area (Å²) in [4.78, 5) is 11.7. The zero-order valence-corrected chi connectivity index (χ0v) is 17.6. The molecule has 0 saturated carbocycles. The molecular formula is C16H13ClI2N2O3. The fourth-order valence-corrected chi connectivity index (χ4v) is 3.66. The van der Waals surface area contributed by atoms with Crippen LogP contribution in [0.2, 0.25) is 5.02 Å². The highest BCUT2D eigenvalue weighted by molar-refractivity contribution is 14.1. The fraction of sp³-hybridized carbons (Fsp3) is 0.125. The number of aromatic hydroxyl groups is 1. The maximum Gasteiger partial charge on any atom is 0.277 e. The average Bonchev–Trinajstić information content (AvgIpc) is 2.53. The molecule has 0 unspecified atom stereocenters. The normalized spacial score (nSPS) is 10.8. The molecule has 0 aliphatic carbocycles. The molecule has 0 aromatic heterocycles. The van der Waals surface area contributed by atoms with E-state index in [9.17, 15) is 9.90 Å². The van der Waals surface area contributed by atoms with Gasteiger partial charge in [-0.05, 0) is 93.6 Å². The molecule has 0 bridgehead atoms. The zero-order chi connectivity index (χ0) is 17.7. The van der Waals surface area contributed by atoms with Gasteiger partial charge < -0.3 is 9.84 Å². The number of phenolic OH excluding ortho intramolecular Hbond substituents is 1. The van der Waals surface area contributed by atoms with Crippen LogP contribution in [0, 0.1) is 14.1 Å². The van der Waals surface area contributed by atoms with Crippen molar-refractivity contribution in [3.8, 4) is 11.5 Å². The number of carbonyl (C=O) groups excluding carboxylic acids is 1. The van der Waals surface area contributed by atoms with E-state index in [1.807, 2.05) is 52.1 Å². The second kappa shape index (κ2) is 8.86. The molecule has 5 nitrogen and oxygen atoms in total. The molecule has 2 aromatic rings. The highest BCUT2D eigenvalue weighted by Gasteiger charge is 2.05. The summed E-state index contributed by atoms with van der Waals surface area (Å²) in [5.74, 6) is 0.435. The molecular weight excluding hydrogens is 557 g/mol. The van der Waals surface area contributed by atoms with Crippen molar-refractivity contribution < 1.29 is 14.6 Å². The maximum atomic E-state index is 11.7. The average molecular weight is 571 g/mol. The van der Waals surface area contributed by atoms with Gasteiger partial charge in [-0.25, -0.2) is 5.43 Å². The van der Waals surface area contributed by atoms with E-state index in [-0.39, 0.29) is 18.3 Å². The summed E-state index contributed by atoms with van der Waals surface area (Å²) in [6.07, 6.45) is 1.51. The number of ether oxygens (including phenoxy) is 1. The van der Waals surface area contributed by atoms with Crippen molar-refractivity contribution >= 4 is 68.9 Å². The van der Waals surface area contributed by atoms with Crippen molar-refractivity contribution in [2.45, 2.75) is 6.92 Å². The molecule has 0 heterocycles. The van der Waals surface area contributed by atoms with Gasteiger partial charge in [-0.1, -0.05) is 11.6 Å². The van der Waals surface area contributed by atoms with Gasteiger partial charge in [0, 0.05) is 5.02 Å². The van der Waals surface area contributed by atoms with E-state index in [0.29, 0.717) is 17.9 Å². The van der Waals surface area contributed by atoms with Crippen LogP contribution in [0.3, 0.4) is 0 Å². The molecule has 2 rings (SSSR count). The van der Waals surface area contributed by atoms with Gasteiger partial charge in [0.2, 0.25) is 0 Å². The van der Waals surface area contributed by atoms with Gasteiger partial charge in [-0.15, -0.1) is 0 Å². The van der Waals surface area contributed by atoms with Crippen LogP contribution >= 0.6 is 56.8 Å². The number of hydrazone groups is 1. The van der Waals surface area contributed by atoms with Crippen molar-refractivity contribution in [3.05, 3.63) is 53.6 Å². The highest BCUT2D eigenvalue weighted by atomic mass is 127. The summed E-state index contributed by atoms with van der Waals surface area (Å²) < 4.78 is 6.81. The molecule has 8 heteroatoms. The van der Waals surface area contributed by atoms with Crippen molar-refractivity contribution in [2.75, 3.05) is 6.61 Å². The molecule has 0 fully saturated rings. The molecule has 0 aliphatic heterocycles. The number of phenols is 1. The first-order valence-corrected chi connectivity index (χ1v) is 9.29. The Morgan fingerprint density at radius 1 is 1.33 bits per heavy atom. The molecule has 2 aromatic carbocycles. The Hall–Kier alpha value is -1.07. The number of benzene rings is 2. The van der Waals surface area contributed by atoms with E-state index < -0.39 is 0 Å². The van der Waals surface area contributed by atoms with E-state index in [1.165, 1.54) is 6.21 Å². The summed E-state index contributed by atoms with van der Waals surface area (Å²) in [6.45, 7) is 1.71. The van der Waals surface area contributed by atoms with E-state index >= 15 is 0 Å². The van der Waals surface area contributed by atoms with Gasteiger partial charge in [0.25, 0.3) is 5.91 Å². The standard InChI is InChI=1S/C16H13ClI2N2O3/c1-9-4-11(2-3-12(9)17)24-8-15(22)21-20-7-10-5-13(18)16(23)14(19)6-10/h2-7,23H,8H2,1H3,(H,21,22)/b20-7-. The van der Waals surface area contributed by atoms with E-state index in [1.54, 1.807) is 30.3 Å². The minimum atomic E-state index is -0.373. The Labute approximate surface area is 171 Å². The number of rotatable bonds is 5. The Bertz CT molecular complexity index is 774. The van der Waals surface area contributed by atoms with Crippen molar-refractivity contribution in [1.82, 2.24) is 5.43 Å². The Balaban J connectivity index is 1.87. The Morgan fingerprint density at radius 2 is 2.00 bits per heavy atom. The van der Waals surface area contributed by atoms with Gasteiger partial charge in [0.15, 0.2) is 6.61 Å². The predicted octanol–water partition coefficient (Wildman–Crippen LogP) is 4.09. The van der Waals surface area contributed by atoms with Gasteiger partial charge >= 0.3 is 0 Å². The largest absolute Gasteiger partial charge is 0.506 e. The van der Waals surface area contributed by atoms with Crippen LogP contribution in [0.15, 0.2) is 35.4 Å². The number of amides is 1. The van der Waals surface area contributed by atoms with E-state index in [0.717, 1.165) is 11.1 Å². The summed E-state index contributed by atoms with van der Waals surface area (Å²) >= 11 is 10.00. The second-order valence-electron chi connectivity index (χ2n) is 4.83. The molecule has 0 saturated heterocycles. The van der Waals surface area contributed by atoms with Crippen LogP contribution in [0.1, 0.15) is 11.1 Å². The van der Waals surface area contributed by atoms with E-state index in [2.05, 4.69) is 10.5 Å². The lowest BCUT2D eigenvalue weighted by atomic mass is 10.2. The van der Waals surface area contributed by atoms with Crippen molar-refractivity contribution in [1.29, 1.82) is 0 Å². The van der Waals surface area contributed by atoms with Crippen LogP contribution in [-0.2, 0) is 4.79 Å². The van der Waals surface area contributed by atoms with Crippen LogP contribution in [-0.4, -0.2) is 23.8 Å². The molecule has 24 heavy (non-hydrogen) atoms. The van der Waals surface area contributed by atoms with Gasteiger partial charge in [0.1, 0.15) is 11.5 Å². The van der Waals surface area contributed by atoms with Crippen LogP contribution in [0.4, 0.5) is 0 Å². The SMILES string of the molecule is Cc1cc(OCC(=O)N/N=C\c2cc(I)c(O)c(I)c2)ccc1Cl. The lowest BCUT2D eigenvalue weighted by Gasteiger charge is -2.06. The number of hydrogen-bond donors (Lipinski definition) is 2. The molecule has 0 aliphatic rings. The number of nitrogens with zero attached hydrogens (tertiary/aromatic N) is 1. The minimum absolute atomic E-state index is 0.150. The summed E-state index contributed by atoms with van der Waals surface area (Å²) in [7, 11) is 0. The number of aryl methyl sites for hydroxylation is 1.